The summed E-state index contributed by atoms with van der Waals surface area (Å²) in [6.07, 6.45) is 5.11. The lowest BCUT2D eigenvalue weighted by Gasteiger charge is -1.94. The van der Waals surface area contributed by atoms with Crippen LogP contribution in [0.25, 0.3) is 0 Å². The van der Waals surface area contributed by atoms with Gasteiger partial charge in [-0.25, -0.2) is 0 Å². The first-order valence-corrected chi connectivity index (χ1v) is 5.24. The lowest BCUT2D eigenvalue weighted by molar-refractivity contribution is 0.781. The summed E-state index contributed by atoms with van der Waals surface area (Å²) >= 11 is 5.25. The number of hydrogen-bond acceptors (Lipinski definition) is 2. The maximum atomic E-state index is 5.11. The van der Waals surface area contributed by atoms with Crippen molar-refractivity contribution in [2.45, 2.75) is 13.5 Å². The van der Waals surface area contributed by atoms with Crippen LogP contribution in [-0.2, 0) is 6.54 Å². The van der Waals surface area contributed by atoms with Crippen LogP contribution >= 0.6 is 27.3 Å². The second kappa shape index (κ2) is 4.66. The Morgan fingerprint density at radius 3 is 3.00 bits per heavy atom. The molecule has 0 saturated heterocycles. The van der Waals surface area contributed by atoms with Gasteiger partial charge in [0.15, 0.2) is 0 Å². The number of hydrogen-bond donors (Lipinski definition) is 1. The van der Waals surface area contributed by atoms with Crippen molar-refractivity contribution in [3.05, 3.63) is 20.3 Å². The predicted molar refractivity (Wildman–Crippen MR) is 57.3 cm³/mol. The molecule has 12 heavy (non-hydrogen) atoms. The van der Waals surface area contributed by atoms with Crippen LogP contribution in [0.5, 0.6) is 0 Å². The zero-order valence-electron chi connectivity index (χ0n) is 6.86. The summed E-state index contributed by atoms with van der Waals surface area (Å²) in [7, 11) is 0. The molecule has 1 rings (SSSR count). The predicted octanol–water partition coefficient (Wildman–Crippen LogP) is 2.54. The number of terminal acetylenes is 1. The summed E-state index contributed by atoms with van der Waals surface area (Å²) in [5.41, 5.74) is 0. The molecule has 0 aliphatic rings. The number of rotatable bonds is 3. The van der Waals surface area contributed by atoms with Gasteiger partial charge in [0.25, 0.3) is 0 Å². The molecule has 0 fully saturated rings. The Hall–Kier alpha value is -0.300. The summed E-state index contributed by atoms with van der Waals surface area (Å²) < 4.78 is 1.19. The zero-order valence-corrected chi connectivity index (χ0v) is 9.26. The van der Waals surface area contributed by atoms with E-state index in [0.717, 1.165) is 6.54 Å². The highest BCUT2D eigenvalue weighted by Crippen LogP contribution is 2.25. The van der Waals surface area contributed by atoms with Crippen molar-refractivity contribution in [1.29, 1.82) is 0 Å². The van der Waals surface area contributed by atoms with Crippen molar-refractivity contribution >= 4 is 27.3 Å². The first-order chi connectivity index (χ1) is 5.74. The molecule has 1 aromatic heterocycles. The van der Waals surface area contributed by atoms with E-state index < -0.39 is 0 Å². The zero-order chi connectivity index (χ0) is 8.97. The summed E-state index contributed by atoms with van der Waals surface area (Å²) in [6.45, 7) is 3.59. The summed E-state index contributed by atoms with van der Waals surface area (Å²) in [5, 5.41) is 3.15. The monoisotopic (exact) mass is 243 g/mol. The van der Waals surface area contributed by atoms with E-state index in [1.165, 1.54) is 14.2 Å². The maximum absolute atomic E-state index is 5.11. The van der Waals surface area contributed by atoms with Crippen molar-refractivity contribution in [3.63, 3.8) is 0 Å². The van der Waals surface area contributed by atoms with E-state index >= 15 is 0 Å². The normalized spacial score (nSPS) is 9.75. The van der Waals surface area contributed by atoms with Crippen molar-refractivity contribution in [2.24, 2.45) is 0 Å². The van der Waals surface area contributed by atoms with Crippen LogP contribution in [0.3, 0.4) is 0 Å². The Labute approximate surface area is 85.3 Å². The Balaban J connectivity index is 2.48. The van der Waals surface area contributed by atoms with Crippen LogP contribution < -0.4 is 5.32 Å². The number of nitrogens with one attached hydrogen (secondary N) is 1. The Morgan fingerprint density at radius 2 is 2.50 bits per heavy atom. The van der Waals surface area contributed by atoms with Gasteiger partial charge in [-0.2, -0.15) is 0 Å². The molecule has 0 aromatic carbocycles. The van der Waals surface area contributed by atoms with E-state index in [1.54, 1.807) is 11.3 Å². The SMILES string of the molecule is C#CCNCc1cc(Br)c(C)s1. The molecule has 64 valence electrons. The molecule has 0 spiro atoms. The molecule has 0 aliphatic heterocycles. The van der Waals surface area contributed by atoms with Gasteiger partial charge in [-0.3, -0.25) is 0 Å². The van der Waals surface area contributed by atoms with E-state index in [1.807, 2.05) is 0 Å². The van der Waals surface area contributed by atoms with Gasteiger partial charge in [0.05, 0.1) is 6.54 Å². The highest BCUT2D eigenvalue weighted by atomic mass is 79.9. The summed E-state index contributed by atoms with van der Waals surface area (Å²) in [4.78, 5) is 2.63. The van der Waals surface area contributed by atoms with Gasteiger partial charge in [0.2, 0.25) is 0 Å². The second-order valence-corrected chi connectivity index (χ2v) is 4.62. The molecule has 0 saturated carbocycles. The molecule has 1 nitrogen and oxygen atoms in total. The van der Waals surface area contributed by atoms with Crippen LogP contribution in [0.15, 0.2) is 10.5 Å². The molecule has 1 N–H and O–H groups in total. The highest BCUT2D eigenvalue weighted by Gasteiger charge is 2.00. The minimum Gasteiger partial charge on any atom is -0.301 e. The van der Waals surface area contributed by atoms with Crippen LogP contribution in [0.1, 0.15) is 9.75 Å². The fraction of sp³-hybridized carbons (Fsp3) is 0.333. The Bertz CT molecular complexity index is 278. The molecular formula is C9H10BrNS. The smallest absolute Gasteiger partial charge is 0.0576 e. The van der Waals surface area contributed by atoms with E-state index in [2.05, 4.69) is 40.2 Å². The molecule has 1 aromatic rings. The van der Waals surface area contributed by atoms with Gasteiger partial charge in [-0.1, -0.05) is 5.92 Å². The molecule has 0 radical (unpaired) electrons. The molecular weight excluding hydrogens is 234 g/mol. The molecule has 0 atom stereocenters. The lowest BCUT2D eigenvalue weighted by atomic mass is 10.4. The fourth-order valence-electron chi connectivity index (χ4n) is 0.863. The third-order valence-electron chi connectivity index (χ3n) is 1.43. The molecule has 0 amide bonds. The summed E-state index contributed by atoms with van der Waals surface area (Å²) in [5.74, 6) is 2.54. The quantitative estimate of drug-likeness (QED) is 0.636. The van der Waals surface area contributed by atoms with E-state index in [4.69, 9.17) is 6.42 Å². The third kappa shape index (κ3) is 2.63. The summed E-state index contributed by atoms with van der Waals surface area (Å²) in [6, 6.07) is 2.13. The topological polar surface area (TPSA) is 12.0 Å². The van der Waals surface area contributed by atoms with E-state index in [9.17, 15) is 0 Å². The fourth-order valence-corrected chi connectivity index (χ4v) is 2.43. The first kappa shape index (κ1) is 9.79. The largest absolute Gasteiger partial charge is 0.301 e. The van der Waals surface area contributed by atoms with Crippen LogP contribution in [0.2, 0.25) is 0 Å². The minimum atomic E-state index is 0.633. The maximum Gasteiger partial charge on any atom is 0.0576 e. The first-order valence-electron chi connectivity index (χ1n) is 3.63. The van der Waals surface area contributed by atoms with Gasteiger partial charge < -0.3 is 5.32 Å². The Morgan fingerprint density at radius 1 is 1.75 bits per heavy atom. The number of aryl methyl sites for hydroxylation is 1. The van der Waals surface area contributed by atoms with Crippen molar-refractivity contribution in [2.75, 3.05) is 6.54 Å². The molecule has 0 unspecified atom stereocenters. The standard InChI is InChI=1S/C9H10BrNS/c1-3-4-11-6-8-5-9(10)7(2)12-8/h1,5,11H,4,6H2,2H3. The minimum absolute atomic E-state index is 0.633. The van der Waals surface area contributed by atoms with Crippen molar-refractivity contribution < 1.29 is 0 Å². The lowest BCUT2D eigenvalue weighted by Crippen LogP contribution is -2.11. The van der Waals surface area contributed by atoms with Crippen LogP contribution in [0.4, 0.5) is 0 Å². The second-order valence-electron chi connectivity index (χ2n) is 2.42. The van der Waals surface area contributed by atoms with Crippen molar-refractivity contribution in [1.82, 2.24) is 5.32 Å². The average Bonchev–Trinajstić information content (AvgIpc) is 2.32. The highest BCUT2D eigenvalue weighted by molar-refractivity contribution is 9.10. The van der Waals surface area contributed by atoms with Gasteiger partial charge in [0, 0.05) is 20.8 Å². The molecule has 0 aliphatic carbocycles. The van der Waals surface area contributed by atoms with Gasteiger partial charge in [-0.05, 0) is 28.9 Å². The van der Waals surface area contributed by atoms with Crippen molar-refractivity contribution in [3.8, 4) is 12.3 Å². The van der Waals surface area contributed by atoms with Gasteiger partial charge in [0.1, 0.15) is 0 Å². The van der Waals surface area contributed by atoms with E-state index in [0.29, 0.717) is 6.54 Å². The van der Waals surface area contributed by atoms with Crippen LogP contribution in [-0.4, -0.2) is 6.54 Å². The molecule has 3 heteroatoms. The van der Waals surface area contributed by atoms with Gasteiger partial charge >= 0.3 is 0 Å². The Kier molecular flexibility index (Phi) is 3.80. The third-order valence-corrected chi connectivity index (χ3v) is 3.57. The molecule has 1 heterocycles. The van der Waals surface area contributed by atoms with Gasteiger partial charge in [-0.15, -0.1) is 17.8 Å². The van der Waals surface area contributed by atoms with E-state index in [-0.39, 0.29) is 0 Å². The average molecular weight is 244 g/mol. The number of halogens is 1. The molecule has 0 bridgehead atoms. The number of thiophene rings is 1. The van der Waals surface area contributed by atoms with Crippen LogP contribution in [0, 0.1) is 19.3 Å².